The van der Waals surface area contributed by atoms with Crippen LogP contribution in [0, 0.1) is 0 Å². The van der Waals surface area contributed by atoms with Crippen molar-refractivity contribution in [3.05, 3.63) is 54.4 Å². The minimum atomic E-state index is -4.54. The first-order valence-corrected chi connectivity index (χ1v) is 12.6. The Morgan fingerprint density at radius 2 is 1.61 bits per heavy atom. The van der Waals surface area contributed by atoms with Crippen LogP contribution in [0.1, 0.15) is 44.1 Å². The molecule has 1 saturated heterocycles. The van der Waals surface area contributed by atoms with Crippen molar-refractivity contribution in [3.63, 3.8) is 0 Å². The fraction of sp³-hybridized carbons (Fsp3) is 0.407. The Labute approximate surface area is 216 Å². The van der Waals surface area contributed by atoms with Crippen molar-refractivity contribution in [1.82, 2.24) is 14.9 Å². The number of hydrogen-bond donors (Lipinski definition) is 0. The number of imide groups is 1. The Balaban J connectivity index is 1.10. The van der Waals surface area contributed by atoms with Crippen LogP contribution in [0.4, 0.5) is 23.7 Å². The van der Waals surface area contributed by atoms with Crippen molar-refractivity contribution in [2.24, 2.45) is 0 Å². The van der Waals surface area contributed by atoms with Gasteiger partial charge in [0.05, 0.1) is 22.6 Å². The van der Waals surface area contributed by atoms with Crippen molar-refractivity contribution in [2.45, 2.75) is 63.0 Å². The van der Waals surface area contributed by atoms with E-state index in [0.29, 0.717) is 31.6 Å². The molecule has 2 heterocycles. The number of hydrogen-bond acceptors (Lipinski definition) is 6. The third-order valence-corrected chi connectivity index (χ3v) is 7.17. The molecule has 2 saturated carbocycles. The minimum absolute atomic E-state index is 0.0547. The maximum Gasteiger partial charge on any atom is 0.416 e. The maximum atomic E-state index is 13.1. The van der Waals surface area contributed by atoms with Crippen molar-refractivity contribution in [1.29, 1.82) is 0 Å². The molecule has 6 rings (SSSR count). The number of amides is 3. The van der Waals surface area contributed by atoms with Gasteiger partial charge in [0.25, 0.3) is 5.91 Å². The van der Waals surface area contributed by atoms with Gasteiger partial charge in [0.1, 0.15) is 24.7 Å². The summed E-state index contributed by atoms with van der Waals surface area (Å²) >= 11 is 0. The molecular formula is C27H25F3N4O4. The van der Waals surface area contributed by atoms with Gasteiger partial charge in [-0.15, -0.1) is 0 Å². The standard InChI is InChI=1S/C27H25F3N4O4/c28-27(29,30)16-2-1-3-18(12-16)33-14-24(35)34(26(33)36)17-4-6-20(7-5-17)38-25-22-11-10-21(37-19-8-9-19)13-23(22)31-15-32-25/h1-3,10-13,15,17,19-20H,4-9,14H2. The van der Waals surface area contributed by atoms with Crippen molar-refractivity contribution in [3.8, 4) is 11.6 Å². The molecule has 0 atom stereocenters. The SMILES string of the molecule is O=C1CN(c2cccc(C(F)(F)F)c2)C(=O)N1C1CCC(Oc2ncnc3cc(OC4CC4)ccc23)CC1. The van der Waals surface area contributed by atoms with Crippen LogP contribution < -0.4 is 14.4 Å². The molecule has 198 valence electrons. The van der Waals surface area contributed by atoms with Crippen LogP contribution in [0.25, 0.3) is 10.9 Å². The molecule has 0 unspecified atom stereocenters. The van der Waals surface area contributed by atoms with Gasteiger partial charge in [0.15, 0.2) is 0 Å². The number of benzene rings is 2. The Bertz CT molecular complexity index is 1390. The molecule has 0 bridgehead atoms. The van der Waals surface area contributed by atoms with E-state index in [2.05, 4.69) is 9.97 Å². The monoisotopic (exact) mass is 526 g/mol. The average Bonchev–Trinajstić information content (AvgIpc) is 3.66. The predicted octanol–water partition coefficient (Wildman–Crippen LogP) is 5.35. The van der Waals surface area contributed by atoms with Crippen LogP contribution in [0.2, 0.25) is 0 Å². The fourth-order valence-corrected chi connectivity index (χ4v) is 5.06. The Morgan fingerprint density at radius 3 is 2.34 bits per heavy atom. The molecule has 11 heteroatoms. The van der Waals surface area contributed by atoms with Crippen LogP contribution in [0.3, 0.4) is 0 Å². The molecule has 1 aromatic heterocycles. The smallest absolute Gasteiger partial charge is 0.416 e. The molecule has 0 N–H and O–H groups in total. The zero-order chi connectivity index (χ0) is 26.4. The predicted molar refractivity (Wildman–Crippen MR) is 131 cm³/mol. The summed E-state index contributed by atoms with van der Waals surface area (Å²) in [5, 5.41) is 0.777. The van der Waals surface area contributed by atoms with Crippen molar-refractivity contribution in [2.75, 3.05) is 11.4 Å². The van der Waals surface area contributed by atoms with E-state index in [9.17, 15) is 22.8 Å². The number of anilines is 1. The Kier molecular flexibility index (Phi) is 6.08. The lowest BCUT2D eigenvalue weighted by atomic mass is 9.92. The molecule has 2 aromatic carbocycles. The van der Waals surface area contributed by atoms with E-state index in [4.69, 9.17) is 9.47 Å². The number of aromatic nitrogens is 2. The van der Waals surface area contributed by atoms with Gasteiger partial charge in [0.2, 0.25) is 5.88 Å². The molecular weight excluding hydrogens is 501 g/mol. The number of ether oxygens (including phenoxy) is 2. The summed E-state index contributed by atoms with van der Waals surface area (Å²) in [4.78, 5) is 36.8. The van der Waals surface area contributed by atoms with Gasteiger partial charge in [-0.25, -0.2) is 14.8 Å². The molecule has 38 heavy (non-hydrogen) atoms. The second kappa shape index (κ2) is 9.45. The van der Waals surface area contributed by atoms with Crippen LogP contribution >= 0.6 is 0 Å². The van der Waals surface area contributed by atoms with Gasteiger partial charge in [-0.05, 0) is 68.9 Å². The van der Waals surface area contributed by atoms with Gasteiger partial charge < -0.3 is 9.47 Å². The summed E-state index contributed by atoms with van der Waals surface area (Å²) in [5.74, 6) is 0.826. The van der Waals surface area contributed by atoms with E-state index in [1.54, 1.807) is 0 Å². The molecule has 0 spiro atoms. The Morgan fingerprint density at radius 1 is 0.868 bits per heavy atom. The van der Waals surface area contributed by atoms with Gasteiger partial charge >= 0.3 is 12.2 Å². The normalized spacial score (nSPS) is 22.3. The van der Waals surface area contributed by atoms with Crippen LogP contribution in [-0.4, -0.2) is 51.6 Å². The summed E-state index contributed by atoms with van der Waals surface area (Å²) in [5.41, 5.74) is -0.0842. The molecule has 8 nitrogen and oxygen atoms in total. The van der Waals surface area contributed by atoms with E-state index < -0.39 is 23.7 Å². The first-order chi connectivity index (χ1) is 18.3. The van der Waals surface area contributed by atoms with Crippen molar-refractivity contribution >= 4 is 28.5 Å². The molecule has 3 aliphatic rings. The first kappa shape index (κ1) is 24.4. The van der Waals surface area contributed by atoms with Gasteiger partial charge in [0, 0.05) is 17.8 Å². The third kappa shape index (κ3) is 4.84. The van der Waals surface area contributed by atoms with Crippen LogP contribution in [0.15, 0.2) is 48.8 Å². The number of alkyl halides is 3. The molecule has 3 amide bonds. The van der Waals surface area contributed by atoms with E-state index >= 15 is 0 Å². The number of carbonyl (C=O) groups excluding carboxylic acids is 2. The molecule has 0 radical (unpaired) electrons. The summed E-state index contributed by atoms with van der Waals surface area (Å²) < 4.78 is 51.5. The summed E-state index contributed by atoms with van der Waals surface area (Å²) in [7, 11) is 0. The second-order valence-electron chi connectivity index (χ2n) is 9.90. The summed E-state index contributed by atoms with van der Waals surface area (Å²) in [6.07, 6.45) is 1.43. The lowest BCUT2D eigenvalue weighted by Gasteiger charge is -2.33. The van der Waals surface area contributed by atoms with Gasteiger partial charge in [-0.1, -0.05) is 6.07 Å². The highest BCUT2D eigenvalue weighted by Crippen LogP contribution is 2.35. The minimum Gasteiger partial charge on any atom is -0.490 e. The number of carbonyl (C=O) groups is 2. The van der Waals surface area contributed by atoms with Crippen molar-refractivity contribution < 1.29 is 32.2 Å². The lowest BCUT2D eigenvalue weighted by molar-refractivity contribution is -0.137. The number of fused-ring (bicyclic) bond motifs is 1. The molecule has 3 fully saturated rings. The highest BCUT2D eigenvalue weighted by atomic mass is 19.4. The van der Waals surface area contributed by atoms with Gasteiger partial charge in [-0.3, -0.25) is 14.6 Å². The number of halogens is 3. The maximum absolute atomic E-state index is 13.1. The number of rotatable bonds is 6. The van der Waals surface area contributed by atoms with E-state index in [1.165, 1.54) is 23.4 Å². The van der Waals surface area contributed by atoms with Crippen LogP contribution in [-0.2, 0) is 11.0 Å². The zero-order valence-electron chi connectivity index (χ0n) is 20.4. The lowest BCUT2D eigenvalue weighted by Crippen LogP contribution is -2.44. The molecule has 2 aliphatic carbocycles. The highest BCUT2D eigenvalue weighted by Gasteiger charge is 2.43. The van der Waals surface area contributed by atoms with E-state index in [0.717, 1.165) is 46.5 Å². The average molecular weight is 527 g/mol. The van der Waals surface area contributed by atoms with E-state index in [-0.39, 0.29) is 30.5 Å². The molecule has 1 aliphatic heterocycles. The second-order valence-corrected chi connectivity index (χ2v) is 9.90. The van der Waals surface area contributed by atoms with Crippen LogP contribution in [0.5, 0.6) is 11.6 Å². The topological polar surface area (TPSA) is 84.9 Å². The Hall–Kier alpha value is -3.89. The largest absolute Gasteiger partial charge is 0.490 e. The summed E-state index contributed by atoms with van der Waals surface area (Å²) in [6.45, 7) is -0.282. The van der Waals surface area contributed by atoms with E-state index in [1.807, 2.05) is 18.2 Å². The number of urea groups is 1. The molecule has 3 aromatic rings. The quantitative estimate of drug-likeness (QED) is 0.403. The first-order valence-electron chi connectivity index (χ1n) is 12.6. The van der Waals surface area contributed by atoms with Gasteiger partial charge in [-0.2, -0.15) is 13.2 Å². The summed E-state index contributed by atoms with van der Waals surface area (Å²) in [6, 6.07) is 9.19. The highest BCUT2D eigenvalue weighted by molar-refractivity contribution is 6.12. The number of nitrogens with zero attached hydrogens (tertiary/aromatic N) is 4. The zero-order valence-corrected chi connectivity index (χ0v) is 20.4. The third-order valence-electron chi connectivity index (χ3n) is 7.17. The fourth-order valence-electron chi connectivity index (χ4n) is 5.06.